The van der Waals surface area contributed by atoms with Crippen molar-refractivity contribution in [3.63, 3.8) is 0 Å². The summed E-state index contributed by atoms with van der Waals surface area (Å²) in [6, 6.07) is 0. The smallest absolute Gasteiger partial charge is 0.268 e. The van der Waals surface area contributed by atoms with Crippen LogP contribution in [-0.2, 0) is 6.54 Å². The van der Waals surface area contributed by atoms with Gasteiger partial charge in [-0.05, 0) is 52.4 Å². The quantitative estimate of drug-likeness (QED) is 0.717. The minimum Gasteiger partial charge on any atom is -0.270 e. The Morgan fingerprint density at radius 3 is 2.71 bits per heavy atom. The second-order valence-corrected chi connectivity index (χ2v) is 5.69. The molecule has 2 rings (SSSR count). The molecule has 0 aliphatic heterocycles. The van der Waals surface area contributed by atoms with Crippen molar-refractivity contribution in [2.24, 2.45) is 0 Å². The van der Waals surface area contributed by atoms with Crippen LogP contribution in [-0.4, -0.2) is 25.5 Å². The second kappa shape index (κ2) is 4.89. The molecule has 0 amide bonds. The van der Waals surface area contributed by atoms with Crippen molar-refractivity contribution in [2.75, 3.05) is 0 Å². The van der Waals surface area contributed by atoms with Crippen molar-refractivity contribution in [2.45, 2.75) is 20.4 Å². The van der Waals surface area contributed by atoms with Gasteiger partial charge in [-0.2, -0.15) is 10.2 Å². The number of rotatable bonds is 2. The summed E-state index contributed by atoms with van der Waals surface area (Å²) in [5.41, 5.74) is 1.63. The summed E-state index contributed by atoms with van der Waals surface area (Å²) in [6.45, 7) is 3.91. The average Bonchev–Trinajstić information content (AvgIpc) is 2.78. The van der Waals surface area contributed by atoms with E-state index in [1.54, 1.807) is 10.9 Å². The van der Waals surface area contributed by atoms with Gasteiger partial charge < -0.3 is 0 Å². The highest BCUT2D eigenvalue weighted by Crippen LogP contribution is 2.19. The van der Waals surface area contributed by atoms with E-state index in [1.807, 2.05) is 20.0 Å². The summed E-state index contributed by atoms with van der Waals surface area (Å²) in [7, 11) is 0. The minimum atomic E-state index is -0.101. The Bertz CT molecular complexity index is 575. The Balaban J connectivity index is 2.23. The van der Waals surface area contributed by atoms with E-state index in [1.165, 1.54) is 4.68 Å². The molecule has 0 aliphatic rings. The maximum absolute atomic E-state index is 12.0. The third-order valence-corrected chi connectivity index (χ3v) is 4.04. The molecule has 2 heterocycles. The van der Waals surface area contributed by atoms with Crippen LogP contribution in [0.4, 0.5) is 0 Å². The number of halogens is 2. The van der Waals surface area contributed by atoms with Crippen LogP contribution in [0.15, 0.2) is 16.9 Å². The molecule has 0 bridgehead atoms. The number of hydrogen-bond donors (Lipinski definition) is 0. The number of aryl methyl sites for hydroxylation is 1. The molecule has 7 heteroatoms. The lowest BCUT2D eigenvalue weighted by molar-refractivity contribution is 0.0867. The zero-order valence-electron chi connectivity index (χ0n) is 9.31. The molecule has 0 radical (unpaired) electrons. The van der Waals surface area contributed by atoms with Gasteiger partial charge in [0, 0.05) is 6.20 Å². The highest BCUT2D eigenvalue weighted by atomic mass is 127. The lowest BCUT2D eigenvalue weighted by Gasteiger charge is -2.03. The molecule has 0 fully saturated rings. The van der Waals surface area contributed by atoms with Crippen molar-refractivity contribution >= 4 is 44.4 Å². The molecule has 2 aromatic heterocycles. The monoisotopic (exact) mass is 408 g/mol. The van der Waals surface area contributed by atoms with E-state index in [4.69, 9.17) is 0 Å². The van der Waals surface area contributed by atoms with E-state index in [9.17, 15) is 4.79 Å². The lowest BCUT2D eigenvalue weighted by Crippen LogP contribution is -2.20. The van der Waals surface area contributed by atoms with E-state index in [2.05, 4.69) is 48.7 Å². The highest BCUT2D eigenvalue weighted by molar-refractivity contribution is 14.1. The van der Waals surface area contributed by atoms with Crippen molar-refractivity contribution in [1.82, 2.24) is 19.6 Å². The van der Waals surface area contributed by atoms with Crippen LogP contribution in [0, 0.1) is 17.4 Å². The fourth-order valence-corrected chi connectivity index (χ4v) is 2.19. The van der Waals surface area contributed by atoms with Crippen LogP contribution in [0.5, 0.6) is 0 Å². The average molecular weight is 409 g/mol. The van der Waals surface area contributed by atoms with E-state index in [0.29, 0.717) is 0 Å². The van der Waals surface area contributed by atoms with Gasteiger partial charge in [-0.3, -0.25) is 9.48 Å². The Hall–Kier alpha value is -0.700. The molecule has 0 spiro atoms. The highest BCUT2D eigenvalue weighted by Gasteiger charge is 2.15. The lowest BCUT2D eigenvalue weighted by atomic mass is 10.4. The van der Waals surface area contributed by atoms with Crippen LogP contribution in [0.3, 0.4) is 0 Å². The third-order valence-electron chi connectivity index (χ3n) is 2.34. The molecule has 90 valence electrons. The van der Waals surface area contributed by atoms with Crippen molar-refractivity contribution in [3.05, 3.63) is 31.8 Å². The summed E-state index contributed by atoms with van der Waals surface area (Å²) in [5.74, 6) is -0.101. The normalized spacial score (nSPS) is 10.8. The zero-order chi connectivity index (χ0) is 12.6. The van der Waals surface area contributed by atoms with Crippen LogP contribution < -0.4 is 0 Å². The van der Waals surface area contributed by atoms with E-state index < -0.39 is 0 Å². The predicted octanol–water partition coefficient (Wildman–Crippen LogP) is 2.40. The third kappa shape index (κ3) is 2.59. The van der Waals surface area contributed by atoms with Crippen molar-refractivity contribution < 1.29 is 4.79 Å². The Kier molecular flexibility index (Phi) is 3.67. The maximum atomic E-state index is 12.0. The molecule has 5 nitrogen and oxygen atoms in total. The first-order chi connectivity index (χ1) is 7.99. The van der Waals surface area contributed by atoms with Crippen LogP contribution in [0.2, 0.25) is 0 Å². The molecule has 0 aliphatic carbocycles. The number of carbonyl (C=O) groups excluding carboxylic acids is 1. The summed E-state index contributed by atoms with van der Waals surface area (Å²) in [6.07, 6.45) is 3.53. The fourth-order valence-electron chi connectivity index (χ4n) is 1.50. The van der Waals surface area contributed by atoms with Crippen molar-refractivity contribution in [3.8, 4) is 0 Å². The van der Waals surface area contributed by atoms with Crippen LogP contribution in [0.1, 0.15) is 16.2 Å². The fraction of sp³-hybridized carbons (Fsp3) is 0.300. The molecule has 0 saturated heterocycles. The molecule has 17 heavy (non-hydrogen) atoms. The molecule has 0 atom stereocenters. The SMILES string of the molecule is Cc1nn(C(=O)Cn2cc(I)cn2)c(C)c1Br. The Morgan fingerprint density at radius 1 is 1.53 bits per heavy atom. The molecule has 2 aromatic rings. The molecule has 0 saturated carbocycles. The van der Waals surface area contributed by atoms with Gasteiger partial charge in [0.05, 0.1) is 25.6 Å². The van der Waals surface area contributed by atoms with Gasteiger partial charge in [0.15, 0.2) is 0 Å². The predicted molar refractivity (Wildman–Crippen MR) is 75.0 cm³/mol. The van der Waals surface area contributed by atoms with E-state index in [-0.39, 0.29) is 12.5 Å². The number of carbonyl (C=O) groups is 1. The van der Waals surface area contributed by atoms with Gasteiger partial charge in [0.25, 0.3) is 5.91 Å². The van der Waals surface area contributed by atoms with Gasteiger partial charge in [-0.15, -0.1) is 0 Å². The summed E-state index contributed by atoms with van der Waals surface area (Å²) >= 11 is 5.55. The Labute approximate surface area is 120 Å². The van der Waals surface area contributed by atoms with Gasteiger partial charge in [0.2, 0.25) is 0 Å². The Morgan fingerprint density at radius 2 is 2.24 bits per heavy atom. The summed E-state index contributed by atoms with van der Waals surface area (Å²) < 4.78 is 4.90. The number of hydrogen-bond acceptors (Lipinski definition) is 3. The number of nitrogens with zero attached hydrogens (tertiary/aromatic N) is 4. The van der Waals surface area contributed by atoms with E-state index in [0.717, 1.165) is 19.4 Å². The molecular weight excluding hydrogens is 399 g/mol. The van der Waals surface area contributed by atoms with Crippen LogP contribution in [0.25, 0.3) is 0 Å². The first-order valence-corrected chi connectivity index (χ1v) is 6.79. The largest absolute Gasteiger partial charge is 0.270 e. The van der Waals surface area contributed by atoms with E-state index >= 15 is 0 Å². The van der Waals surface area contributed by atoms with Crippen molar-refractivity contribution in [1.29, 1.82) is 0 Å². The van der Waals surface area contributed by atoms with Gasteiger partial charge in [-0.25, -0.2) is 4.68 Å². The maximum Gasteiger partial charge on any atom is 0.268 e. The second-order valence-electron chi connectivity index (χ2n) is 3.65. The minimum absolute atomic E-state index is 0.101. The first kappa shape index (κ1) is 12.7. The van der Waals surface area contributed by atoms with Crippen LogP contribution >= 0.6 is 38.5 Å². The zero-order valence-corrected chi connectivity index (χ0v) is 13.1. The van der Waals surface area contributed by atoms with Gasteiger partial charge >= 0.3 is 0 Å². The molecule has 0 N–H and O–H groups in total. The first-order valence-electron chi connectivity index (χ1n) is 4.92. The standard InChI is InChI=1S/C10H10BrIN4O/c1-6-10(11)7(2)16(14-6)9(17)5-15-4-8(12)3-13-15/h3-4H,5H2,1-2H3. The number of aromatic nitrogens is 4. The molecule has 0 unspecified atom stereocenters. The van der Waals surface area contributed by atoms with Gasteiger partial charge in [-0.1, -0.05) is 0 Å². The molecule has 0 aromatic carbocycles. The summed E-state index contributed by atoms with van der Waals surface area (Å²) in [4.78, 5) is 12.0. The summed E-state index contributed by atoms with van der Waals surface area (Å²) in [5, 5.41) is 8.27. The molecular formula is C10H10BrIN4O. The topological polar surface area (TPSA) is 52.7 Å². The van der Waals surface area contributed by atoms with Gasteiger partial charge in [0.1, 0.15) is 6.54 Å².